The predicted octanol–water partition coefficient (Wildman–Crippen LogP) is 5.40. The van der Waals surface area contributed by atoms with E-state index in [0.29, 0.717) is 27.2 Å². The van der Waals surface area contributed by atoms with Crippen molar-refractivity contribution in [2.24, 2.45) is 10.1 Å². The number of carbonyl (C=O) groups is 1. The maximum atomic E-state index is 13.2. The molecule has 1 amide bonds. The van der Waals surface area contributed by atoms with Crippen LogP contribution in [0.2, 0.25) is 0 Å². The molecule has 2 aromatic carbocycles. The lowest BCUT2D eigenvalue weighted by Gasteiger charge is -2.32. The highest BCUT2D eigenvalue weighted by atomic mass is 79.9. The number of alkyl halides is 3. The lowest BCUT2D eigenvalue weighted by molar-refractivity contribution is -0.137. The van der Waals surface area contributed by atoms with E-state index in [0.717, 1.165) is 35.2 Å². The number of hydrazone groups is 1. The number of fused-ring (bicyclic) bond motifs is 2. The number of amidine groups is 1. The van der Waals surface area contributed by atoms with Gasteiger partial charge >= 0.3 is 6.18 Å². The van der Waals surface area contributed by atoms with E-state index in [1.165, 1.54) is 22.8 Å². The molecular formula is C25H20BrF3N4O2S. The summed E-state index contributed by atoms with van der Waals surface area (Å²) in [5.74, 6) is 1.10. The maximum absolute atomic E-state index is 13.2. The number of furan rings is 1. The van der Waals surface area contributed by atoms with Crippen molar-refractivity contribution in [3.8, 4) is 11.3 Å². The summed E-state index contributed by atoms with van der Waals surface area (Å²) in [5.41, 5.74) is -0.152. The Hall–Kier alpha value is -3.05. The Morgan fingerprint density at radius 1 is 1.17 bits per heavy atom. The minimum absolute atomic E-state index is 0.262. The summed E-state index contributed by atoms with van der Waals surface area (Å²) >= 11 is 4.89. The molecule has 0 spiro atoms. The van der Waals surface area contributed by atoms with E-state index in [9.17, 15) is 18.0 Å². The average molecular weight is 577 g/mol. The van der Waals surface area contributed by atoms with Crippen LogP contribution < -0.4 is 15.9 Å². The highest BCUT2D eigenvalue weighted by Gasteiger charge is 2.36. The molecule has 1 atom stereocenters. The molecule has 0 unspecified atom stereocenters. The minimum Gasteiger partial charge on any atom is -0.457 e. The molecule has 0 saturated carbocycles. The van der Waals surface area contributed by atoms with Crippen molar-refractivity contribution in [2.45, 2.75) is 32.1 Å². The van der Waals surface area contributed by atoms with Gasteiger partial charge in [0, 0.05) is 21.0 Å². The van der Waals surface area contributed by atoms with Crippen molar-refractivity contribution < 1.29 is 22.4 Å². The van der Waals surface area contributed by atoms with Crippen LogP contribution in [0.5, 0.6) is 0 Å². The Balaban J connectivity index is 1.58. The van der Waals surface area contributed by atoms with Crippen LogP contribution in [0.1, 0.15) is 37.3 Å². The molecule has 186 valence electrons. The third-order valence-corrected chi connectivity index (χ3v) is 7.11. The zero-order chi connectivity index (χ0) is 25.4. The number of amides is 1. The van der Waals surface area contributed by atoms with E-state index in [1.807, 2.05) is 6.07 Å². The molecule has 0 bridgehead atoms. The third-order valence-electron chi connectivity index (χ3n) is 5.66. The lowest BCUT2D eigenvalue weighted by Crippen LogP contribution is -2.50. The second-order valence-corrected chi connectivity index (χ2v) is 10.2. The van der Waals surface area contributed by atoms with Gasteiger partial charge in [-0.3, -0.25) is 10.1 Å². The second kappa shape index (κ2) is 9.78. The fourth-order valence-corrected chi connectivity index (χ4v) is 5.21. The number of benzene rings is 2. The van der Waals surface area contributed by atoms with Crippen LogP contribution in [-0.4, -0.2) is 21.8 Å². The summed E-state index contributed by atoms with van der Waals surface area (Å²) in [7, 11) is 0. The number of hydrogen-bond donors (Lipinski definition) is 1. The van der Waals surface area contributed by atoms with E-state index >= 15 is 0 Å². The highest BCUT2D eigenvalue weighted by molar-refractivity contribution is 9.10. The largest absolute Gasteiger partial charge is 0.457 e. The van der Waals surface area contributed by atoms with E-state index in [1.54, 1.807) is 30.3 Å². The topological polar surface area (TPSA) is 70.2 Å². The summed E-state index contributed by atoms with van der Waals surface area (Å²) < 4.78 is 46.4. The molecule has 0 aliphatic carbocycles. The summed E-state index contributed by atoms with van der Waals surface area (Å²) in [6.07, 6.45) is -3.29. The van der Waals surface area contributed by atoms with Crippen LogP contribution >= 0.6 is 27.7 Å². The fourth-order valence-electron chi connectivity index (χ4n) is 3.91. The first-order chi connectivity index (χ1) is 17.2. The quantitative estimate of drug-likeness (QED) is 0.413. The summed E-state index contributed by atoms with van der Waals surface area (Å²) in [6.45, 7) is 2.08. The number of nitrogens with zero attached hydrogens (tertiary/aromatic N) is 3. The Labute approximate surface area is 217 Å². The van der Waals surface area contributed by atoms with Crippen molar-refractivity contribution >= 4 is 44.5 Å². The SMILES string of the molecule is CCCCSC1=NN2C(=c3cc(Br)ccc3=N[C@@H]2c2ccc(-c3cccc(C(F)(F)F)c3)o2)C(=O)N1. The Morgan fingerprint density at radius 2 is 2.00 bits per heavy atom. The van der Waals surface area contributed by atoms with Gasteiger partial charge in [-0.05, 0) is 48.9 Å². The zero-order valence-corrected chi connectivity index (χ0v) is 21.4. The first-order valence-electron chi connectivity index (χ1n) is 11.2. The molecule has 1 N–H and O–H groups in total. The summed E-state index contributed by atoms with van der Waals surface area (Å²) in [4.78, 5) is 18.0. The standard InChI is InChI=1S/C25H20BrF3N4O2S/c1-2-3-11-36-24-31-23(34)21-17-13-16(26)7-8-18(17)30-22(33(21)32-24)20-10-9-19(35-20)14-5-4-6-15(12-14)25(27,28)29/h4-10,12-13,22H,2-3,11H2,1H3,(H,31,32,34)/t22-/m0/s1. The first kappa shape index (κ1) is 24.6. The highest BCUT2D eigenvalue weighted by Crippen LogP contribution is 2.36. The van der Waals surface area contributed by atoms with Gasteiger partial charge in [0.05, 0.1) is 10.9 Å². The molecule has 2 aliphatic heterocycles. The fraction of sp³-hybridized carbons (Fsp3) is 0.240. The van der Waals surface area contributed by atoms with Gasteiger partial charge in [0.25, 0.3) is 5.91 Å². The van der Waals surface area contributed by atoms with Gasteiger partial charge in [-0.15, -0.1) is 5.10 Å². The minimum atomic E-state index is -4.46. The molecule has 5 rings (SSSR count). The number of halogens is 4. The van der Waals surface area contributed by atoms with E-state index in [2.05, 4.69) is 33.3 Å². The Bertz CT molecular complexity index is 1480. The molecule has 36 heavy (non-hydrogen) atoms. The second-order valence-electron chi connectivity index (χ2n) is 8.20. The Kier molecular flexibility index (Phi) is 6.69. The number of unbranched alkanes of at least 4 members (excludes halogenated alkanes) is 1. The molecule has 1 aromatic heterocycles. The normalized spacial score (nSPS) is 17.2. The Morgan fingerprint density at radius 3 is 2.78 bits per heavy atom. The first-order valence-corrected chi connectivity index (χ1v) is 13.0. The van der Waals surface area contributed by atoms with Crippen molar-refractivity contribution in [1.29, 1.82) is 0 Å². The predicted molar refractivity (Wildman–Crippen MR) is 135 cm³/mol. The van der Waals surface area contributed by atoms with E-state index < -0.39 is 17.9 Å². The van der Waals surface area contributed by atoms with Gasteiger partial charge < -0.3 is 4.42 Å². The number of rotatable bonds is 5. The van der Waals surface area contributed by atoms with Gasteiger partial charge in [-0.2, -0.15) is 13.2 Å². The van der Waals surface area contributed by atoms with Crippen LogP contribution in [0, 0.1) is 0 Å². The maximum Gasteiger partial charge on any atom is 0.416 e. The van der Waals surface area contributed by atoms with Gasteiger partial charge in [0.15, 0.2) is 10.9 Å². The number of nitrogens with one attached hydrogen (secondary N) is 1. The molecule has 3 aromatic rings. The van der Waals surface area contributed by atoms with Crippen LogP contribution in [0.15, 0.2) is 73.6 Å². The number of carbonyl (C=O) groups excluding carboxylic acids is 1. The van der Waals surface area contributed by atoms with Gasteiger partial charge in [-0.1, -0.05) is 53.2 Å². The molecule has 2 aliphatic rings. The summed E-state index contributed by atoms with van der Waals surface area (Å²) in [5, 5.41) is 10.7. The monoisotopic (exact) mass is 576 g/mol. The number of thioether (sulfide) groups is 1. The molecule has 0 radical (unpaired) electrons. The summed E-state index contributed by atoms with van der Waals surface area (Å²) in [6, 6.07) is 13.6. The van der Waals surface area contributed by atoms with Crippen LogP contribution in [0.4, 0.5) is 13.2 Å². The van der Waals surface area contributed by atoms with E-state index in [4.69, 9.17) is 9.41 Å². The van der Waals surface area contributed by atoms with Crippen LogP contribution in [0.3, 0.4) is 0 Å². The molecule has 0 saturated heterocycles. The zero-order valence-electron chi connectivity index (χ0n) is 19.0. The van der Waals surface area contributed by atoms with Crippen molar-refractivity contribution in [3.05, 3.63) is 81.0 Å². The van der Waals surface area contributed by atoms with E-state index in [-0.39, 0.29) is 17.2 Å². The van der Waals surface area contributed by atoms with Crippen molar-refractivity contribution in [2.75, 3.05) is 5.75 Å². The molecule has 11 heteroatoms. The van der Waals surface area contributed by atoms with Crippen molar-refractivity contribution in [3.63, 3.8) is 0 Å². The van der Waals surface area contributed by atoms with Crippen molar-refractivity contribution in [1.82, 2.24) is 10.3 Å². The molecule has 6 nitrogen and oxygen atoms in total. The molecule has 0 fully saturated rings. The average Bonchev–Trinajstić information content (AvgIpc) is 3.33. The van der Waals surface area contributed by atoms with Crippen LogP contribution in [0.25, 0.3) is 17.0 Å². The van der Waals surface area contributed by atoms with Crippen LogP contribution in [-0.2, 0) is 11.0 Å². The van der Waals surface area contributed by atoms with Gasteiger partial charge in [0.1, 0.15) is 11.5 Å². The number of hydrogen-bond acceptors (Lipinski definition) is 6. The molecule has 3 heterocycles. The van der Waals surface area contributed by atoms with Gasteiger partial charge in [0.2, 0.25) is 6.17 Å². The third kappa shape index (κ3) is 4.81. The van der Waals surface area contributed by atoms with Gasteiger partial charge in [-0.25, -0.2) is 10.0 Å². The lowest BCUT2D eigenvalue weighted by atomic mass is 10.1. The smallest absolute Gasteiger partial charge is 0.416 e. The molecular weight excluding hydrogens is 557 g/mol.